The molecule has 0 amide bonds. The Morgan fingerprint density at radius 1 is 0.826 bits per heavy atom. The Morgan fingerprint density at radius 2 is 1.28 bits per heavy atom. The monoisotopic (exact) mass is 694 g/mol. The summed E-state index contributed by atoms with van der Waals surface area (Å²) in [4.78, 5) is 27.5. The number of carbonyl (C=O) groups is 2. The van der Waals surface area contributed by atoms with Gasteiger partial charge in [0.1, 0.15) is 23.9 Å². The van der Waals surface area contributed by atoms with E-state index < -0.39 is 11.9 Å². The Kier molecular flexibility index (Phi) is 17.9. The molecule has 46 heavy (non-hydrogen) atoms. The zero-order valence-electron chi connectivity index (χ0n) is 27.7. The molecular formula is C36H45BrN3O6+. The van der Waals surface area contributed by atoms with E-state index in [9.17, 15) is 9.59 Å². The third kappa shape index (κ3) is 11.9. The largest absolute Gasteiger partial charge is 0.497 e. The molecule has 0 unspecified atom stereocenters. The van der Waals surface area contributed by atoms with Gasteiger partial charge in [0.25, 0.3) is 0 Å². The minimum atomic E-state index is -0.640. The van der Waals surface area contributed by atoms with Crippen LogP contribution in [0.25, 0.3) is 0 Å². The number of pyridine rings is 1. The van der Waals surface area contributed by atoms with Crippen molar-refractivity contribution in [2.24, 2.45) is 5.73 Å². The van der Waals surface area contributed by atoms with Crippen LogP contribution in [0.2, 0.25) is 0 Å². The molecule has 0 fully saturated rings. The summed E-state index contributed by atoms with van der Waals surface area (Å²) in [7, 11) is 5.52. The van der Waals surface area contributed by atoms with E-state index in [1.165, 1.54) is 19.3 Å². The van der Waals surface area contributed by atoms with Crippen LogP contribution in [-0.2, 0) is 16.0 Å². The number of benzene rings is 2. The van der Waals surface area contributed by atoms with Crippen molar-refractivity contribution in [2.45, 2.75) is 27.3 Å². The van der Waals surface area contributed by atoms with Crippen LogP contribution in [0.4, 0.5) is 5.69 Å². The molecule has 246 valence electrons. The van der Waals surface area contributed by atoms with Crippen LogP contribution < -0.4 is 24.7 Å². The SMILES string of the molecule is C=C/C(OC(=O)c1ccc(OCC[n+]2ccc(N(C)C)cc2)cc1)=C(N)\C(C)=C(/C=C)OC(=O)c1ccc(OC)cc1.CBr.CC. The number of carbonyl (C=O) groups excluding carboxylic acids is 2. The molecule has 1 aromatic heterocycles. The second-order valence-corrected chi connectivity index (χ2v) is 9.24. The maximum atomic E-state index is 12.8. The standard InChI is InChI=1S/C33H36N3O6.C2H6.CH3Br/c1-7-29(41-32(37)24-9-13-27(39-6)14-10-24)23(3)31(34)30(8-2)42-33(38)25-11-15-28(16-12-25)40-22-21-36-19-17-26(18-20-36)35(4)5;2*1-2/h7-20H,1-2,21-22,34H2,3-6H3;1-2H3;1H3/q+1;;/b29-23+,31-30-;;. The maximum Gasteiger partial charge on any atom is 0.343 e. The number of ether oxygens (including phenoxy) is 4. The third-order valence-electron chi connectivity index (χ3n) is 6.24. The maximum absolute atomic E-state index is 12.8. The summed E-state index contributed by atoms with van der Waals surface area (Å²) >= 11 is 2.94. The topological polar surface area (TPSA) is 104 Å². The van der Waals surface area contributed by atoms with Crippen LogP contribution in [0.5, 0.6) is 11.5 Å². The number of hydrogen-bond acceptors (Lipinski definition) is 8. The van der Waals surface area contributed by atoms with Crippen molar-refractivity contribution in [1.29, 1.82) is 0 Å². The second-order valence-electron chi connectivity index (χ2n) is 9.24. The molecule has 2 N–H and O–H groups in total. The molecular weight excluding hydrogens is 650 g/mol. The van der Waals surface area contributed by atoms with Crippen LogP contribution in [-0.4, -0.2) is 45.6 Å². The fourth-order valence-corrected chi connectivity index (χ4v) is 3.69. The number of nitrogens with zero attached hydrogens (tertiary/aromatic N) is 2. The Bertz CT molecular complexity index is 1480. The van der Waals surface area contributed by atoms with E-state index in [4.69, 9.17) is 24.7 Å². The quantitative estimate of drug-likeness (QED) is 0.0671. The lowest BCUT2D eigenvalue weighted by atomic mass is 10.1. The van der Waals surface area contributed by atoms with E-state index in [0.717, 1.165) is 5.69 Å². The van der Waals surface area contributed by atoms with Gasteiger partial charge in [-0.3, -0.25) is 0 Å². The van der Waals surface area contributed by atoms with Crippen molar-refractivity contribution in [3.63, 3.8) is 0 Å². The van der Waals surface area contributed by atoms with Crippen molar-refractivity contribution in [3.05, 3.63) is 132 Å². The molecule has 0 saturated heterocycles. The smallest absolute Gasteiger partial charge is 0.343 e. The summed E-state index contributed by atoms with van der Waals surface area (Å²) in [6.45, 7) is 14.1. The summed E-state index contributed by atoms with van der Waals surface area (Å²) in [5, 5.41) is 0. The van der Waals surface area contributed by atoms with Gasteiger partial charge < -0.3 is 29.6 Å². The van der Waals surface area contributed by atoms with E-state index in [2.05, 4.69) is 29.1 Å². The zero-order chi connectivity index (χ0) is 34.6. The summed E-state index contributed by atoms with van der Waals surface area (Å²) in [5.41, 5.74) is 8.39. The first-order chi connectivity index (χ1) is 22.2. The van der Waals surface area contributed by atoms with Gasteiger partial charge in [0.15, 0.2) is 24.7 Å². The van der Waals surface area contributed by atoms with E-state index in [0.29, 0.717) is 41.4 Å². The molecule has 0 atom stereocenters. The molecule has 0 spiro atoms. The number of halogens is 1. The number of hydrogen-bond donors (Lipinski definition) is 1. The summed E-state index contributed by atoms with van der Waals surface area (Å²) < 4.78 is 24.0. The van der Waals surface area contributed by atoms with Gasteiger partial charge in [-0.2, -0.15) is 0 Å². The lowest BCUT2D eigenvalue weighted by Gasteiger charge is -2.13. The van der Waals surface area contributed by atoms with E-state index in [1.54, 1.807) is 55.5 Å². The van der Waals surface area contributed by atoms with Gasteiger partial charge in [-0.25, -0.2) is 14.2 Å². The summed E-state index contributed by atoms with van der Waals surface area (Å²) in [6.07, 6.45) is 6.65. The molecule has 3 aromatic rings. The highest BCUT2D eigenvalue weighted by Gasteiger charge is 2.17. The fraction of sp³-hybridized carbons (Fsp3) is 0.250. The van der Waals surface area contributed by atoms with Crippen LogP contribution in [0, 0.1) is 0 Å². The molecule has 0 aliphatic carbocycles. The van der Waals surface area contributed by atoms with Crippen molar-refractivity contribution >= 4 is 33.6 Å². The highest BCUT2D eigenvalue weighted by molar-refractivity contribution is 9.08. The second kappa shape index (κ2) is 21.0. The Balaban J connectivity index is 0.00000254. The van der Waals surface area contributed by atoms with Gasteiger partial charge in [-0.15, -0.1) is 0 Å². The van der Waals surface area contributed by atoms with Gasteiger partial charge in [0.05, 0.1) is 23.9 Å². The van der Waals surface area contributed by atoms with E-state index in [1.807, 2.05) is 67.8 Å². The molecule has 0 aliphatic heterocycles. The number of nitrogens with two attached hydrogens (primary N) is 1. The Hall–Kier alpha value is -4.83. The van der Waals surface area contributed by atoms with Crippen LogP contribution >= 0.6 is 15.9 Å². The number of anilines is 1. The Labute approximate surface area is 281 Å². The minimum Gasteiger partial charge on any atom is -0.497 e. The number of alkyl halides is 1. The average molecular weight is 696 g/mol. The number of rotatable bonds is 13. The summed E-state index contributed by atoms with van der Waals surface area (Å²) in [6, 6.07) is 17.1. The molecule has 10 heteroatoms. The lowest BCUT2D eigenvalue weighted by Crippen LogP contribution is -2.35. The molecule has 9 nitrogen and oxygen atoms in total. The lowest BCUT2D eigenvalue weighted by molar-refractivity contribution is -0.697. The van der Waals surface area contributed by atoms with E-state index >= 15 is 0 Å². The van der Waals surface area contributed by atoms with Crippen LogP contribution in [0.1, 0.15) is 41.5 Å². The predicted molar refractivity (Wildman–Crippen MR) is 187 cm³/mol. The van der Waals surface area contributed by atoms with Gasteiger partial charge in [0.2, 0.25) is 0 Å². The van der Waals surface area contributed by atoms with Gasteiger partial charge in [-0.1, -0.05) is 42.9 Å². The number of aromatic nitrogens is 1. The zero-order valence-corrected chi connectivity index (χ0v) is 29.3. The van der Waals surface area contributed by atoms with Crippen LogP contribution in [0.3, 0.4) is 0 Å². The highest BCUT2D eigenvalue weighted by atomic mass is 79.9. The molecule has 0 saturated carbocycles. The van der Waals surface area contributed by atoms with Crippen LogP contribution in [0.15, 0.2) is 121 Å². The molecule has 0 bridgehead atoms. The minimum absolute atomic E-state index is 0.00924. The van der Waals surface area contributed by atoms with Gasteiger partial charge >= 0.3 is 11.9 Å². The Morgan fingerprint density at radius 3 is 1.72 bits per heavy atom. The van der Waals surface area contributed by atoms with Crippen molar-refractivity contribution < 1.29 is 33.1 Å². The molecule has 0 radical (unpaired) electrons. The van der Waals surface area contributed by atoms with Crippen molar-refractivity contribution in [1.82, 2.24) is 0 Å². The normalized spacial score (nSPS) is 11.0. The molecule has 1 heterocycles. The van der Waals surface area contributed by atoms with Crippen molar-refractivity contribution in [2.75, 3.05) is 38.5 Å². The van der Waals surface area contributed by atoms with E-state index in [-0.39, 0.29) is 17.2 Å². The number of methoxy groups -OCH3 is 1. The first-order valence-electron chi connectivity index (χ1n) is 14.5. The average Bonchev–Trinajstić information content (AvgIpc) is 3.11. The summed E-state index contributed by atoms with van der Waals surface area (Å²) in [5.74, 6) is 1.90. The highest BCUT2D eigenvalue weighted by Crippen LogP contribution is 2.21. The van der Waals surface area contributed by atoms with Gasteiger partial charge in [-0.05, 0) is 73.4 Å². The van der Waals surface area contributed by atoms with Gasteiger partial charge in [0, 0.05) is 37.5 Å². The third-order valence-corrected chi connectivity index (χ3v) is 6.24. The predicted octanol–water partition coefficient (Wildman–Crippen LogP) is 7.00. The molecule has 2 aromatic carbocycles. The molecule has 0 aliphatic rings. The number of esters is 2. The first kappa shape index (κ1) is 39.2. The number of allylic oxidation sites excluding steroid dienone is 3. The van der Waals surface area contributed by atoms with Crippen molar-refractivity contribution in [3.8, 4) is 11.5 Å². The fourth-order valence-electron chi connectivity index (χ4n) is 3.69. The first-order valence-corrected chi connectivity index (χ1v) is 16.1. The molecule has 3 rings (SSSR count).